The van der Waals surface area contributed by atoms with Gasteiger partial charge < -0.3 is 14.6 Å². The van der Waals surface area contributed by atoms with E-state index in [1.165, 1.54) is 6.26 Å². The lowest BCUT2D eigenvalue weighted by atomic mass is 10.2. The molecule has 2 unspecified atom stereocenters. The Morgan fingerprint density at radius 1 is 1.31 bits per heavy atom. The first-order valence-electron chi connectivity index (χ1n) is 9.01. The van der Waals surface area contributed by atoms with Crippen molar-refractivity contribution in [2.45, 2.75) is 65.6 Å². The molecule has 0 saturated carbocycles. The van der Waals surface area contributed by atoms with Crippen molar-refractivity contribution >= 4 is 23.2 Å². The Bertz CT molecular complexity index is 711. The SMILES string of the molecule is CCC(C)NC(=O)c1coc(CN(C(=O)Cc2cccs2)C(C)CC)n1. The molecule has 1 N–H and O–H groups in total. The highest BCUT2D eigenvalue weighted by atomic mass is 32.1. The number of nitrogens with one attached hydrogen (secondary N) is 1. The number of carbonyl (C=O) groups excluding carboxylic acids is 2. The highest BCUT2D eigenvalue weighted by Crippen LogP contribution is 2.16. The zero-order chi connectivity index (χ0) is 19.1. The molecule has 6 nitrogen and oxygen atoms in total. The quantitative estimate of drug-likeness (QED) is 0.724. The third kappa shape index (κ3) is 5.42. The van der Waals surface area contributed by atoms with E-state index in [-0.39, 0.29) is 36.1 Å². The van der Waals surface area contributed by atoms with Crippen molar-refractivity contribution in [1.82, 2.24) is 15.2 Å². The summed E-state index contributed by atoms with van der Waals surface area (Å²) < 4.78 is 5.45. The smallest absolute Gasteiger partial charge is 0.273 e. The first kappa shape index (κ1) is 20.2. The predicted octanol–water partition coefficient (Wildman–Crippen LogP) is 3.63. The van der Waals surface area contributed by atoms with Crippen LogP contribution in [0, 0.1) is 0 Å². The van der Waals surface area contributed by atoms with Crippen LogP contribution in [-0.4, -0.2) is 33.8 Å². The molecule has 7 heteroatoms. The minimum atomic E-state index is -0.255. The summed E-state index contributed by atoms with van der Waals surface area (Å²) in [6.45, 7) is 8.24. The lowest BCUT2D eigenvalue weighted by Crippen LogP contribution is -2.38. The van der Waals surface area contributed by atoms with Gasteiger partial charge in [0.1, 0.15) is 6.26 Å². The summed E-state index contributed by atoms with van der Waals surface area (Å²) in [5, 5.41) is 4.82. The normalized spacial score (nSPS) is 13.2. The molecule has 2 amide bonds. The van der Waals surface area contributed by atoms with Crippen molar-refractivity contribution in [3.05, 3.63) is 40.2 Å². The van der Waals surface area contributed by atoms with Crippen LogP contribution in [0.15, 0.2) is 28.2 Å². The van der Waals surface area contributed by atoms with E-state index in [1.807, 2.05) is 45.2 Å². The number of oxazole rings is 1. The van der Waals surface area contributed by atoms with E-state index in [4.69, 9.17) is 4.42 Å². The number of thiophene rings is 1. The van der Waals surface area contributed by atoms with Crippen molar-refractivity contribution in [2.24, 2.45) is 0 Å². The van der Waals surface area contributed by atoms with E-state index in [0.29, 0.717) is 12.3 Å². The van der Waals surface area contributed by atoms with Crippen LogP contribution in [0.2, 0.25) is 0 Å². The van der Waals surface area contributed by atoms with Crippen molar-refractivity contribution in [3.63, 3.8) is 0 Å². The van der Waals surface area contributed by atoms with Crippen molar-refractivity contribution in [2.75, 3.05) is 0 Å². The molecule has 0 aliphatic rings. The largest absolute Gasteiger partial charge is 0.446 e. The molecule has 26 heavy (non-hydrogen) atoms. The van der Waals surface area contributed by atoms with Gasteiger partial charge >= 0.3 is 0 Å². The van der Waals surface area contributed by atoms with Gasteiger partial charge in [-0.3, -0.25) is 9.59 Å². The molecule has 0 spiro atoms. The fourth-order valence-electron chi connectivity index (χ4n) is 2.41. The number of rotatable bonds is 9. The second-order valence-corrected chi connectivity index (χ2v) is 7.48. The molecular formula is C19H27N3O3S. The molecule has 2 atom stereocenters. The fourth-order valence-corrected chi connectivity index (χ4v) is 3.10. The van der Waals surface area contributed by atoms with Gasteiger partial charge in [-0.05, 0) is 38.1 Å². The van der Waals surface area contributed by atoms with Crippen LogP contribution in [0.4, 0.5) is 0 Å². The monoisotopic (exact) mass is 377 g/mol. The predicted molar refractivity (Wildman–Crippen MR) is 102 cm³/mol. The minimum Gasteiger partial charge on any atom is -0.446 e. The summed E-state index contributed by atoms with van der Waals surface area (Å²) >= 11 is 1.57. The van der Waals surface area contributed by atoms with E-state index < -0.39 is 0 Å². The second kappa shape index (κ2) is 9.52. The Morgan fingerprint density at radius 2 is 2.08 bits per heavy atom. The Kier molecular flexibility index (Phi) is 7.38. The second-order valence-electron chi connectivity index (χ2n) is 6.44. The topological polar surface area (TPSA) is 75.4 Å². The van der Waals surface area contributed by atoms with Crippen LogP contribution in [0.5, 0.6) is 0 Å². The maximum atomic E-state index is 12.7. The Balaban J connectivity index is 2.06. The lowest BCUT2D eigenvalue weighted by Gasteiger charge is -2.27. The zero-order valence-electron chi connectivity index (χ0n) is 15.8. The molecule has 0 fully saturated rings. The van der Waals surface area contributed by atoms with Gasteiger partial charge in [-0.1, -0.05) is 19.9 Å². The fraction of sp³-hybridized carbons (Fsp3) is 0.526. The molecule has 0 aromatic carbocycles. The molecule has 0 aliphatic heterocycles. The molecule has 2 aromatic rings. The molecule has 0 bridgehead atoms. The van der Waals surface area contributed by atoms with Crippen molar-refractivity contribution in [1.29, 1.82) is 0 Å². The van der Waals surface area contributed by atoms with E-state index in [0.717, 1.165) is 17.7 Å². The average molecular weight is 378 g/mol. The highest BCUT2D eigenvalue weighted by Gasteiger charge is 2.23. The zero-order valence-corrected chi connectivity index (χ0v) is 16.6. The Hall–Kier alpha value is -2.15. The van der Waals surface area contributed by atoms with Crippen LogP contribution in [0.25, 0.3) is 0 Å². The summed E-state index contributed by atoms with van der Waals surface area (Å²) in [5.41, 5.74) is 0.245. The molecule has 2 heterocycles. The Labute approximate surface area is 158 Å². The van der Waals surface area contributed by atoms with Crippen molar-refractivity contribution in [3.8, 4) is 0 Å². The van der Waals surface area contributed by atoms with Crippen LogP contribution < -0.4 is 5.32 Å². The van der Waals surface area contributed by atoms with Gasteiger partial charge in [-0.15, -0.1) is 11.3 Å². The summed E-state index contributed by atoms with van der Waals surface area (Å²) in [5.74, 6) is 0.152. The molecule has 142 valence electrons. The summed E-state index contributed by atoms with van der Waals surface area (Å²) in [6.07, 6.45) is 3.39. The standard InChI is InChI=1S/C19H27N3O3S/c1-5-13(3)20-19(24)16-12-25-17(21-16)11-22(14(4)6-2)18(23)10-15-8-7-9-26-15/h7-9,12-14H,5-6,10-11H2,1-4H3,(H,20,24). The molecule has 2 aromatic heterocycles. The third-order valence-corrected chi connectivity index (χ3v) is 5.31. The summed E-state index contributed by atoms with van der Waals surface area (Å²) in [6, 6.07) is 4.04. The van der Waals surface area contributed by atoms with Gasteiger partial charge in [-0.2, -0.15) is 0 Å². The average Bonchev–Trinajstić information content (AvgIpc) is 3.30. The highest BCUT2D eigenvalue weighted by molar-refractivity contribution is 7.10. The van der Waals surface area contributed by atoms with Gasteiger partial charge in [-0.25, -0.2) is 4.98 Å². The van der Waals surface area contributed by atoms with Gasteiger partial charge in [0.25, 0.3) is 5.91 Å². The number of amides is 2. The lowest BCUT2D eigenvalue weighted by molar-refractivity contribution is -0.133. The number of hydrogen-bond acceptors (Lipinski definition) is 5. The van der Waals surface area contributed by atoms with E-state index >= 15 is 0 Å². The first-order valence-corrected chi connectivity index (χ1v) is 9.89. The first-order chi connectivity index (χ1) is 12.4. The van der Waals surface area contributed by atoms with Gasteiger partial charge in [0.2, 0.25) is 11.8 Å². The van der Waals surface area contributed by atoms with E-state index in [1.54, 1.807) is 16.2 Å². The van der Waals surface area contributed by atoms with Gasteiger partial charge in [0, 0.05) is 17.0 Å². The number of carbonyl (C=O) groups is 2. The molecule has 0 aliphatic carbocycles. The van der Waals surface area contributed by atoms with E-state index in [9.17, 15) is 9.59 Å². The van der Waals surface area contributed by atoms with Crippen LogP contribution >= 0.6 is 11.3 Å². The number of hydrogen-bond donors (Lipinski definition) is 1. The Morgan fingerprint density at radius 3 is 2.69 bits per heavy atom. The number of aromatic nitrogens is 1. The maximum absolute atomic E-state index is 12.7. The number of nitrogens with zero attached hydrogens (tertiary/aromatic N) is 2. The van der Waals surface area contributed by atoms with E-state index in [2.05, 4.69) is 10.3 Å². The van der Waals surface area contributed by atoms with Gasteiger partial charge in [0.15, 0.2) is 5.69 Å². The minimum absolute atomic E-state index is 0.0330. The molecule has 0 saturated heterocycles. The van der Waals surface area contributed by atoms with Crippen LogP contribution in [0.3, 0.4) is 0 Å². The van der Waals surface area contributed by atoms with Crippen molar-refractivity contribution < 1.29 is 14.0 Å². The van der Waals surface area contributed by atoms with Gasteiger partial charge in [0.05, 0.1) is 13.0 Å². The third-order valence-electron chi connectivity index (χ3n) is 4.43. The van der Waals surface area contributed by atoms with Crippen LogP contribution in [-0.2, 0) is 17.8 Å². The molecule has 2 rings (SSSR count). The summed E-state index contributed by atoms with van der Waals surface area (Å²) in [7, 11) is 0. The van der Waals surface area contributed by atoms with Crippen LogP contribution in [0.1, 0.15) is 61.8 Å². The maximum Gasteiger partial charge on any atom is 0.273 e. The molecule has 0 radical (unpaired) electrons. The summed E-state index contributed by atoms with van der Waals surface area (Å²) in [4.78, 5) is 31.9. The molecular weight excluding hydrogens is 350 g/mol.